The molecule has 0 aliphatic heterocycles. The SMILES string of the molecule is C[C@@H](Oc1cc(F)ccc1[N+](=O)[O-])C(=O)NCCC1=CCCCC1. The highest BCUT2D eigenvalue weighted by atomic mass is 19.1. The zero-order valence-electron chi connectivity index (χ0n) is 13.6. The molecule has 0 saturated carbocycles. The molecular formula is C17H21FN2O4. The van der Waals surface area contributed by atoms with Gasteiger partial charge >= 0.3 is 5.69 Å². The summed E-state index contributed by atoms with van der Waals surface area (Å²) < 4.78 is 18.5. The standard InChI is InChI=1S/C17H21FN2O4/c1-12(17(21)19-10-9-13-5-3-2-4-6-13)24-16-11-14(18)7-8-15(16)20(22)23/h5,7-8,11-12H,2-4,6,9-10H2,1H3,(H,19,21)/t12-/m1/s1. The van der Waals surface area contributed by atoms with E-state index in [1.54, 1.807) is 0 Å². The molecule has 6 nitrogen and oxygen atoms in total. The summed E-state index contributed by atoms with van der Waals surface area (Å²) in [5.41, 5.74) is 0.972. The van der Waals surface area contributed by atoms with Crippen LogP contribution >= 0.6 is 0 Å². The molecule has 0 bridgehead atoms. The van der Waals surface area contributed by atoms with Gasteiger partial charge in [0.15, 0.2) is 6.10 Å². The van der Waals surface area contributed by atoms with Gasteiger partial charge in [0.2, 0.25) is 5.75 Å². The summed E-state index contributed by atoms with van der Waals surface area (Å²) in [6.07, 6.45) is 6.61. The molecule has 0 saturated heterocycles. The number of nitro benzene ring substituents is 1. The first-order valence-corrected chi connectivity index (χ1v) is 8.03. The molecule has 130 valence electrons. The molecule has 0 spiro atoms. The Balaban J connectivity index is 1.88. The second-order valence-electron chi connectivity index (χ2n) is 5.78. The van der Waals surface area contributed by atoms with E-state index >= 15 is 0 Å². The van der Waals surface area contributed by atoms with Gasteiger partial charge in [-0.05, 0) is 45.1 Å². The summed E-state index contributed by atoms with van der Waals surface area (Å²) in [4.78, 5) is 22.3. The molecule has 0 heterocycles. The summed E-state index contributed by atoms with van der Waals surface area (Å²) in [7, 11) is 0. The number of carbonyl (C=O) groups excluding carboxylic acids is 1. The van der Waals surface area contributed by atoms with Crippen molar-refractivity contribution < 1.29 is 18.8 Å². The number of nitro groups is 1. The average molecular weight is 336 g/mol. The van der Waals surface area contributed by atoms with Crippen LogP contribution in [0.1, 0.15) is 39.0 Å². The zero-order valence-corrected chi connectivity index (χ0v) is 13.6. The quantitative estimate of drug-likeness (QED) is 0.469. The van der Waals surface area contributed by atoms with Crippen molar-refractivity contribution in [1.82, 2.24) is 5.32 Å². The lowest BCUT2D eigenvalue weighted by atomic mass is 9.97. The molecule has 1 N–H and O–H groups in total. The normalized spacial score (nSPS) is 15.3. The van der Waals surface area contributed by atoms with Gasteiger partial charge in [0.25, 0.3) is 5.91 Å². The molecule has 0 unspecified atom stereocenters. The minimum Gasteiger partial charge on any atom is -0.474 e. The molecular weight excluding hydrogens is 315 g/mol. The predicted octanol–water partition coefficient (Wildman–Crippen LogP) is 3.51. The maximum atomic E-state index is 13.3. The fourth-order valence-electron chi connectivity index (χ4n) is 2.60. The van der Waals surface area contributed by atoms with Gasteiger partial charge in [-0.15, -0.1) is 0 Å². The molecule has 1 aromatic rings. The number of halogens is 1. The van der Waals surface area contributed by atoms with E-state index in [2.05, 4.69) is 11.4 Å². The van der Waals surface area contributed by atoms with Crippen molar-refractivity contribution in [2.45, 2.75) is 45.1 Å². The highest BCUT2D eigenvalue weighted by Gasteiger charge is 2.21. The van der Waals surface area contributed by atoms with E-state index in [-0.39, 0.29) is 17.3 Å². The lowest BCUT2D eigenvalue weighted by Crippen LogP contribution is -2.37. The lowest BCUT2D eigenvalue weighted by molar-refractivity contribution is -0.386. The topological polar surface area (TPSA) is 81.5 Å². The van der Waals surface area contributed by atoms with Crippen LogP contribution in [0.4, 0.5) is 10.1 Å². The molecule has 7 heteroatoms. The molecule has 2 rings (SSSR count). The van der Waals surface area contributed by atoms with Crippen molar-refractivity contribution in [2.24, 2.45) is 0 Å². The van der Waals surface area contributed by atoms with E-state index in [1.807, 2.05) is 0 Å². The summed E-state index contributed by atoms with van der Waals surface area (Å²) >= 11 is 0. The number of benzene rings is 1. The van der Waals surface area contributed by atoms with Crippen LogP contribution in [0.2, 0.25) is 0 Å². The Bertz CT molecular complexity index is 645. The fourth-order valence-corrected chi connectivity index (χ4v) is 2.60. The second kappa shape index (κ2) is 8.42. The highest BCUT2D eigenvalue weighted by molar-refractivity contribution is 5.80. The van der Waals surface area contributed by atoms with E-state index < -0.39 is 16.8 Å². The Morgan fingerprint density at radius 1 is 1.46 bits per heavy atom. The Morgan fingerprint density at radius 3 is 2.92 bits per heavy atom. The Kier molecular flexibility index (Phi) is 6.28. The molecule has 0 fully saturated rings. The van der Waals surface area contributed by atoms with Crippen LogP contribution in [0.3, 0.4) is 0 Å². The van der Waals surface area contributed by atoms with Crippen LogP contribution in [0.25, 0.3) is 0 Å². The van der Waals surface area contributed by atoms with E-state index in [4.69, 9.17) is 4.74 Å². The average Bonchev–Trinajstić information content (AvgIpc) is 2.55. The van der Waals surface area contributed by atoms with Crippen LogP contribution in [0, 0.1) is 15.9 Å². The number of nitrogens with one attached hydrogen (secondary N) is 1. The van der Waals surface area contributed by atoms with Gasteiger partial charge in [0.1, 0.15) is 5.82 Å². The van der Waals surface area contributed by atoms with Gasteiger partial charge in [0.05, 0.1) is 4.92 Å². The molecule has 1 aliphatic rings. The van der Waals surface area contributed by atoms with Crippen molar-refractivity contribution in [3.05, 3.63) is 45.8 Å². The number of ether oxygens (including phenoxy) is 1. The van der Waals surface area contributed by atoms with Crippen molar-refractivity contribution in [1.29, 1.82) is 0 Å². The Hall–Kier alpha value is -2.44. The van der Waals surface area contributed by atoms with Crippen molar-refractivity contribution in [3.8, 4) is 5.75 Å². The minimum absolute atomic E-state index is 0.252. The van der Waals surface area contributed by atoms with Crippen molar-refractivity contribution in [2.75, 3.05) is 6.54 Å². The van der Waals surface area contributed by atoms with Crippen molar-refractivity contribution >= 4 is 11.6 Å². The van der Waals surface area contributed by atoms with Gasteiger partial charge in [-0.2, -0.15) is 0 Å². The number of rotatable bonds is 7. The van der Waals surface area contributed by atoms with Crippen LogP contribution in [-0.2, 0) is 4.79 Å². The van der Waals surface area contributed by atoms with E-state index in [9.17, 15) is 19.3 Å². The number of amides is 1. The number of hydrogen-bond donors (Lipinski definition) is 1. The minimum atomic E-state index is -0.953. The van der Waals surface area contributed by atoms with E-state index in [0.29, 0.717) is 6.54 Å². The van der Waals surface area contributed by atoms with Gasteiger partial charge in [-0.3, -0.25) is 14.9 Å². The van der Waals surface area contributed by atoms with E-state index in [1.165, 1.54) is 25.3 Å². The smallest absolute Gasteiger partial charge is 0.311 e. The van der Waals surface area contributed by atoms with Crippen LogP contribution < -0.4 is 10.1 Å². The van der Waals surface area contributed by atoms with Gasteiger partial charge in [-0.25, -0.2) is 4.39 Å². The van der Waals surface area contributed by atoms with Crippen LogP contribution in [0.15, 0.2) is 29.8 Å². The molecule has 1 aliphatic carbocycles. The fraction of sp³-hybridized carbons (Fsp3) is 0.471. The maximum Gasteiger partial charge on any atom is 0.311 e. The zero-order chi connectivity index (χ0) is 17.5. The Labute approximate surface area is 139 Å². The molecule has 1 amide bonds. The maximum absolute atomic E-state index is 13.3. The molecule has 0 radical (unpaired) electrons. The first kappa shape index (κ1) is 17.9. The summed E-state index contributed by atoms with van der Waals surface area (Å²) in [5, 5.41) is 13.7. The Morgan fingerprint density at radius 2 is 2.25 bits per heavy atom. The van der Waals surface area contributed by atoms with Crippen LogP contribution in [0.5, 0.6) is 5.75 Å². The number of hydrogen-bond acceptors (Lipinski definition) is 4. The van der Waals surface area contributed by atoms with Crippen LogP contribution in [-0.4, -0.2) is 23.5 Å². The molecule has 1 aromatic carbocycles. The monoisotopic (exact) mass is 336 g/mol. The number of carbonyl (C=O) groups is 1. The van der Waals surface area contributed by atoms with E-state index in [0.717, 1.165) is 37.5 Å². The summed E-state index contributed by atoms with van der Waals surface area (Å²) in [6, 6.07) is 2.91. The summed E-state index contributed by atoms with van der Waals surface area (Å²) in [5.74, 6) is -1.30. The highest BCUT2D eigenvalue weighted by Crippen LogP contribution is 2.28. The predicted molar refractivity (Wildman–Crippen MR) is 87.3 cm³/mol. The number of allylic oxidation sites excluding steroid dienone is 1. The second-order valence-corrected chi connectivity index (χ2v) is 5.78. The number of nitrogens with zero attached hydrogens (tertiary/aromatic N) is 1. The van der Waals surface area contributed by atoms with Gasteiger partial charge in [-0.1, -0.05) is 11.6 Å². The van der Waals surface area contributed by atoms with Gasteiger partial charge < -0.3 is 10.1 Å². The first-order valence-electron chi connectivity index (χ1n) is 8.03. The third-order valence-corrected chi connectivity index (χ3v) is 3.92. The molecule has 1 atom stereocenters. The molecule has 0 aromatic heterocycles. The largest absolute Gasteiger partial charge is 0.474 e. The lowest BCUT2D eigenvalue weighted by Gasteiger charge is -2.16. The van der Waals surface area contributed by atoms with Gasteiger partial charge in [0, 0.05) is 18.7 Å². The van der Waals surface area contributed by atoms with Crippen molar-refractivity contribution in [3.63, 3.8) is 0 Å². The summed E-state index contributed by atoms with van der Waals surface area (Å²) in [6.45, 7) is 1.97. The molecule has 24 heavy (non-hydrogen) atoms. The first-order chi connectivity index (χ1) is 11.5. The third kappa shape index (κ3) is 5.04. The third-order valence-electron chi connectivity index (χ3n) is 3.92.